The maximum Gasteiger partial charge on any atom is 0.0440 e. The van der Waals surface area contributed by atoms with Gasteiger partial charge in [0.2, 0.25) is 0 Å². The van der Waals surface area contributed by atoms with Crippen LogP contribution in [-0.4, -0.2) is 5.88 Å². The fourth-order valence-electron chi connectivity index (χ4n) is 1.30. The van der Waals surface area contributed by atoms with Gasteiger partial charge < -0.3 is 0 Å². The second-order valence-corrected chi connectivity index (χ2v) is 3.86. The molecule has 0 saturated heterocycles. The average Bonchev–Trinajstić information content (AvgIpc) is 2.15. The Morgan fingerprint density at radius 3 is 2.62 bits per heavy atom. The van der Waals surface area contributed by atoms with Crippen molar-refractivity contribution in [3.63, 3.8) is 0 Å². The second kappa shape index (κ2) is 5.51. The van der Waals surface area contributed by atoms with Crippen molar-refractivity contribution in [2.45, 2.75) is 26.2 Å². The summed E-state index contributed by atoms with van der Waals surface area (Å²) in [5.74, 6) is 0.715. The lowest BCUT2D eigenvalue weighted by Gasteiger charge is -2.04. The van der Waals surface area contributed by atoms with Gasteiger partial charge in [-0.15, -0.1) is 11.6 Å². The molecular weight excluding hydrogens is 203 g/mol. The fourth-order valence-corrected chi connectivity index (χ4v) is 1.77. The normalized spacial score (nSPS) is 10.4. The van der Waals surface area contributed by atoms with E-state index in [0.29, 0.717) is 5.88 Å². The molecule has 0 aliphatic heterocycles. The van der Waals surface area contributed by atoms with E-state index < -0.39 is 0 Å². The molecule has 1 aromatic rings. The van der Waals surface area contributed by atoms with Crippen LogP contribution in [0.2, 0.25) is 5.02 Å². The number of aryl methyl sites for hydroxylation is 2. The fraction of sp³-hybridized carbons (Fsp3) is 0.455. The Morgan fingerprint density at radius 2 is 2.08 bits per heavy atom. The first-order chi connectivity index (χ1) is 6.27. The van der Waals surface area contributed by atoms with Crippen LogP contribution in [0.4, 0.5) is 0 Å². The van der Waals surface area contributed by atoms with Crippen molar-refractivity contribution < 1.29 is 0 Å². The molecule has 0 nitrogen and oxygen atoms in total. The number of halogens is 2. The minimum absolute atomic E-state index is 0.715. The van der Waals surface area contributed by atoms with Crippen LogP contribution < -0.4 is 0 Å². The van der Waals surface area contributed by atoms with E-state index in [9.17, 15) is 0 Å². The molecule has 0 radical (unpaired) electrons. The van der Waals surface area contributed by atoms with E-state index in [1.165, 1.54) is 11.1 Å². The smallest absolute Gasteiger partial charge is 0.0440 e. The first kappa shape index (κ1) is 10.9. The highest BCUT2D eigenvalue weighted by Crippen LogP contribution is 2.19. The Balaban J connectivity index is 2.71. The molecule has 13 heavy (non-hydrogen) atoms. The molecule has 2 heteroatoms. The van der Waals surface area contributed by atoms with Gasteiger partial charge in [0, 0.05) is 10.9 Å². The molecule has 0 bridgehead atoms. The van der Waals surface area contributed by atoms with Gasteiger partial charge in [-0.3, -0.25) is 0 Å². The quantitative estimate of drug-likeness (QED) is 0.666. The summed E-state index contributed by atoms with van der Waals surface area (Å²) in [6.45, 7) is 2.11. The van der Waals surface area contributed by atoms with E-state index in [4.69, 9.17) is 23.2 Å². The Labute approximate surface area is 89.9 Å². The molecule has 0 spiro atoms. The van der Waals surface area contributed by atoms with Gasteiger partial charge in [0.15, 0.2) is 0 Å². The van der Waals surface area contributed by atoms with Crippen LogP contribution in [0.25, 0.3) is 0 Å². The summed E-state index contributed by atoms with van der Waals surface area (Å²) in [4.78, 5) is 0. The van der Waals surface area contributed by atoms with Crippen molar-refractivity contribution in [1.29, 1.82) is 0 Å². The van der Waals surface area contributed by atoms with Crippen molar-refractivity contribution >= 4 is 23.2 Å². The topological polar surface area (TPSA) is 0 Å². The molecule has 0 atom stereocenters. The zero-order chi connectivity index (χ0) is 9.68. The van der Waals surface area contributed by atoms with Crippen LogP contribution in [-0.2, 0) is 12.8 Å². The summed E-state index contributed by atoms with van der Waals surface area (Å²) >= 11 is 11.7. The summed E-state index contributed by atoms with van der Waals surface area (Å²) < 4.78 is 0. The summed E-state index contributed by atoms with van der Waals surface area (Å²) in [5.41, 5.74) is 2.50. The largest absolute Gasteiger partial charge is 0.127 e. The molecule has 72 valence electrons. The van der Waals surface area contributed by atoms with Crippen molar-refractivity contribution in [3.05, 3.63) is 34.3 Å². The Bertz CT molecular complexity index is 269. The minimum Gasteiger partial charge on any atom is -0.127 e. The average molecular weight is 217 g/mol. The first-order valence-electron chi connectivity index (χ1n) is 4.61. The van der Waals surface area contributed by atoms with Crippen LogP contribution in [0, 0.1) is 0 Å². The van der Waals surface area contributed by atoms with Crippen LogP contribution >= 0.6 is 23.2 Å². The van der Waals surface area contributed by atoms with Gasteiger partial charge in [-0.1, -0.05) is 30.7 Å². The van der Waals surface area contributed by atoms with Crippen LogP contribution in [0.15, 0.2) is 18.2 Å². The monoisotopic (exact) mass is 216 g/mol. The molecule has 0 aliphatic rings. The Kier molecular flexibility index (Phi) is 4.61. The molecule has 0 N–H and O–H groups in total. The van der Waals surface area contributed by atoms with E-state index >= 15 is 0 Å². The highest BCUT2D eigenvalue weighted by Gasteiger charge is 1.99. The highest BCUT2D eigenvalue weighted by atomic mass is 35.5. The molecule has 0 fully saturated rings. The number of rotatable bonds is 4. The van der Waals surface area contributed by atoms with Gasteiger partial charge in [-0.25, -0.2) is 0 Å². The minimum atomic E-state index is 0.715. The van der Waals surface area contributed by atoms with E-state index in [1.54, 1.807) is 0 Å². The van der Waals surface area contributed by atoms with Gasteiger partial charge in [0.25, 0.3) is 0 Å². The van der Waals surface area contributed by atoms with Crippen molar-refractivity contribution in [3.8, 4) is 0 Å². The van der Waals surface area contributed by atoms with Crippen LogP contribution in [0.5, 0.6) is 0 Å². The summed E-state index contributed by atoms with van der Waals surface area (Å²) in [6, 6.07) is 6.29. The lowest BCUT2D eigenvalue weighted by molar-refractivity contribution is 0.927. The molecule has 0 heterocycles. The highest BCUT2D eigenvalue weighted by molar-refractivity contribution is 6.31. The lowest BCUT2D eigenvalue weighted by Crippen LogP contribution is -1.89. The maximum absolute atomic E-state index is 6.08. The predicted molar refractivity (Wildman–Crippen MR) is 59.9 cm³/mol. The van der Waals surface area contributed by atoms with E-state index in [1.807, 2.05) is 6.07 Å². The lowest BCUT2D eigenvalue weighted by atomic mass is 10.1. The summed E-state index contributed by atoms with van der Waals surface area (Å²) in [6.07, 6.45) is 3.03. The first-order valence-corrected chi connectivity index (χ1v) is 5.52. The number of hydrogen-bond donors (Lipinski definition) is 0. The third kappa shape index (κ3) is 3.21. The third-order valence-electron chi connectivity index (χ3n) is 2.10. The van der Waals surface area contributed by atoms with Gasteiger partial charge >= 0.3 is 0 Å². The second-order valence-electron chi connectivity index (χ2n) is 3.07. The number of hydrogen-bond acceptors (Lipinski definition) is 0. The number of benzene rings is 1. The predicted octanol–water partition coefficient (Wildman–Crippen LogP) is 4.07. The zero-order valence-corrected chi connectivity index (χ0v) is 9.33. The molecular formula is C11H14Cl2. The Morgan fingerprint density at radius 1 is 1.31 bits per heavy atom. The van der Waals surface area contributed by atoms with E-state index in [-0.39, 0.29) is 0 Å². The van der Waals surface area contributed by atoms with Gasteiger partial charge in [-0.05, 0) is 36.5 Å². The van der Waals surface area contributed by atoms with Gasteiger partial charge in [-0.2, -0.15) is 0 Å². The van der Waals surface area contributed by atoms with E-state index in [2.05, 4.69) is 19.1 Å². The van der Waals surface area contributed by atoms with Crippen molar-refractivity contribution in [1.82, 2.24) is 0 Å². The van der Waals surface area contributed by atoms with Crippen molar-refractivity contribution in [2.75, 3.05) is 5.88 Å². The molecule has 1 aromatic carbocycles. The van der Waals surface area contributed by atoms with Crippen LogP contribution in [0.3, 0.4) is 0 Å². The molecule has 0 saturated carbocycles. The molecule has 0 aliphatic carbocycles. The molecule has 1 rings (SSSR count). The third-order valence-corrected chi connectivity index (χ3v) is 2.72. The van der Waals surface area contributed by atoms with E-state index in [0.717, 1.165) is 24.3 Å². The zero-order valence-electron chi connectivity index (χ0n) is 7.82. The molecule has 0 amide bonds. The number of alkyl halides is 1. The van der Waals surface area contributed by atoms with Crippen molar-refractivity contribution in [2.24, 2.45) is 0 Å². The van der Waals surface area contributed by atoms with Gasteiger partial charge in [0.05, 0.1) is 0 Å². The SMILES string of the molecule is CCc1ccc(CCCCl)cc1Cl. The van der Waals surface area contributed by atoms with Crippen LogP contribution in [0.1, 0.15) is 24.5 Å². The molecule has 0 aromatic heterocycles. The summed E-state index contributed by atoms with van der Waals surface area (Å²) in [5, 5.41) is 0.884. The summed E-state index contributed by atoms with van der Waals surface area (Å²) in [7, 11) is 0. The molecule has 0 unspecified atom stereocenters. The van der Waals surface area contributed by atoms with Gasteiger partial charge in [0.1, 0.15) is 0 Å². The standard InChI is InChI=1S/C11H14Cl2/c1-2-10-6-5-9(4-3-7-12)8-11(10)13/h5-6,8H,2-4,7H2,1H3. The Hall–Kier alpha value is -0.200. The maximum atomic E-state index is 6.08.